The van der Waals surface area contributed by atoms with Crippen molar-refractivity contribution in [2.24, 2.45) is 7.05 Å². The number of nitrogens with zero attached hydrogens (tertiary/aromatic N) is 2. The molecule has 0 radical (unpaired) electrons. The molecule has 1 aromatic heterocycles. The van der Waals surface area contributed by atoms with Crippen LogP contribution in [-0.2, 0) is 7.05 Å². The molecule has 0 bridgehead atoms. The Kier molecular flexibility index (Phi) is 3.66. The van der Waals surface area contributed by atoms with E-state index in [-0.39, 0.29) is 18.4 Å². The molecule has 4 nitrogen and oxygen atoms in total. The first-order valence-electron chi connectivity index (χ1n) is 4.46. The standard InChI is InChI=1S/C9H14ClN3O/c1-6(2)11-5-8(14)9-7(10)4-12-13(9)3/h4,6,11H,5H2,1-3H3. The predicted octanol–water partition coefficient (Wildman–Crippen LogP) is 1.25. The maximum atomic E-state index is 11.6. The number of carbonyl (C=O) groups excluding carboxylic acids is 1. The molecular formula is C9H14ClN3O. The van der Waals surface area contributed by atoms with Crippen molar-refractivity contribution in [2.45, 2.75) is 19.9 Å². The predicted molar refractivity (Wildman–Crippen MR) is 55.7 cm³/mol. The summed E-state index contributed by atoms with van der Waals surface area (Å²) in [5.74, 6) is -0.0382. The average Bonchev–Trinajstić information content (AvgIpc) is 2.42. The Hall–Kier alpha value is -0.870. The second-order valence-electron chi connectivity index (χ2n) is 3.42. The number of rotatable bonds is 4. The fourth-order valence-electron chi connectivity index (χ4n) is 1.10. The summed E-state index contributed by atoms with van der Waals surface area (Å²) in [6.07, 6.45) is 1.48. The fraction of sp³-hybridized carbons (Fsp3) is 0.556. The van der Waals surface area contributed by atoms with Crippen molar-refractivity contribution in [1.82, 2.24) is 15.1 Å². The van der Waals surface area contributed by atoms with Gasteiger partial charge in [-0.05, 0) is 0 Å². The third-order valence-corrected chi connectivity index (χ3v) is 2.11. The van der Waals surface area contributed by atoms with Gasteiger partial charge in [0.2, 0.25) is 0 Å². The van der Waals surface area contributed by atoms with Crippen LogP contribution in [0.15, 0.2) is 6.20 Å². The summed E-state index contributed by atoms with van der Waals surface area (Å²) in [6, 6.07) is 0.283. The Morgan fingerprint density at radius 2 is 2.36 bits per heavy atom. The van der Waals surface area contributed by atoms with Crippen LogP contribution in [0.2, 0.25) is 5.02 Å². The lowest BCUT2D eigenvalue weighted by Crippen LogP contribution is -2.30. The molecule has 1 aromatic rings. The van der Waals surface area contributed by atoms with E-state index in [4.69, 9.17) is 11.6 Å². The third kappa shape index (κ3) is 2.56. The molecule has 0 aliphatic rings. The molecule has 78 valence electrons. The van der Waals surface area contributed by atoms with Crippen molar-refractivity contribution < 1.29 is 4.79 Å². The van der Waals surface area contributed by atoms with Crippen LogP contribution in [0, 0.1) is 0 Å². The minimum atomic E-state index is -0.0382. The van der Waals surface area contributed by atoms with Crippen LogP contribution in [0.25, 0.3) is 0 Å². The highest BCUT2D eigenvalue weighted by Crippen LogP contribution is 2.13. The van der Waals surface area contributed by atoms with Crippen molar-refractivity contribution >= 4 is 17.4 Å². The van der Waals surface area contributed by atoms with Gasteiger partial charge in [0.1, 0.15) is 5.69 Å². The highest BCUT2D eigenvalue weighted by atomic mass is 35.5. The molecule has 1 heterocycles. The fourth-order valence-corrected chi connectivity index (χ4v) is 1.38. The topological polar surface area (TPSA) is 46.9 Å². The van der Waals surface area contributed by atoms with Crippen molar-refractivity contribution in [3.63, 3.8) is 0 Å². The van der Waals surface area contributed by atoms with Crippen molar-refractivity contribution in [3.8, 4) is 0 Å². The van der Waals surface area contributed by atoms with Gasteiger partial charge in [0.15, 0.2) is 5.78 Å². The van der Waals surface area contributed by atoms with Gasteiger partial charge in [0, 0.05) is 13.1 Å². The molecule has 5 heteroatoms. The molecule has 0 saturated heterocycles. The maximum Gasteiger partial charge on any atom is 0.196 e. The minimum absolute atomic E-state index is 0.0382. The first kappa shape index (κ1) is 11.2. The molecule has 0 fully saturated rings. The highest BCUT2D eigenvalue weighted by molar-refractivity contribution is 6.33. The normalized spacial score (nSPS) is 10.9. The van der Waals surface area contributed by atoms with Gasteiger partial charge in [-0.3, -0.25) is 9.48 Å². The zero-order chi connectivity index (χ0) is 10.7. The molecule has 0 aliphatic heterocycles. The van der Waals surface area contributed by atoms with Gasteiger partial charge < -0.3 is 5.32 Å². The molecule has 1 N–H and O–H groups in total. The van der Waals surface area contributed by atoms with E-state index in [2.05, 4.69) is 10.4 Å². The summed E-state index contributed by atoms with van der Waals surface area (Å²) in [6.45, 7) is 4.26. The third-order valence-electron chi connectivity index (χ3n) is 1.83. The molecular weight excluding hydrogens is 202 g/mol. The van der Waals surface area contributed by atoms with Gasteiger partial charge in [-0.15, -0.1) is 0 Å². The molecule has 0 aliphatic carbocycles. The molecule has 14 heavy (non-hydrogen) atoms. The summed E-state index contributed by atoms with van der Waals surface area (Å²) >= 11 is 5.82. The van der Waals surface area contributed by atoms with E-state index in [1.807, 2.05) is 13.8 Å². The second-order valence-corrected chi connectivity index (χ2v) is 3.83. The quantitative estimate of drug-likeness (QED) is 0.770. The molecule has 0 amide bonds. The van der Waals surface area contributed by atoms with E-state index in [1.54, 1.807) is 7.05 Å². The summed E-state index contributed by atoms with van der Waals surface area (Å²) in [7, 11) is 1.70. The Bertz CT molecular complexity index is 313. The van der Waals surface area contributed by atoms with Crippen LogP contribution in [0.1, 0.15) is 24.3 Å². The number of nitrogens with one attached hydrogen (secondary N) is 1. The summed E-state index contributed by atoms with van der Waals surface area (Å²) in [4.78, 5) is 11.6. The van der Waals surface area contributed by atoms with Crippen LogP contribution < -0.4 is 5.32 Å². The number of aryl methyl sites for hydroxylation is 1. The van der Waals surface area contributed by atoms with Crippen LogP contribution in [0.4, 0.5) is 0 Å². The van der Waals surface area contributed by atoms with E-state index >= 15 is 0 Å². The van der Waals surface area contributed by atoms with E-state index in [1.165, 1.54) is 10.9 Å². The van der Waals surface area contributed by atoms with Gasteiger partial charge in [-0.2, -0.15) is 5.10 Å². The zero-order valence-corrected chi connectivity index (χ0v) is 9.30. The van der Waals surface area contributed by atoms with Crippen molar-refractivity contribution in [2.75, 3.05) is 6.54 Å². The van der Waals surface area contributed by atoms with E-state index < -0.39 is 0 Å². The van der Waals surface area contributed by atoms with Crippen molar-refractivity contribution in [1.29, 1.82) is 0 Å². The zero-order valence-electron chi connectivity index (χ0n) is 8.54. The maximum absolute atomic E-state index is 11.6. The van der Waals surface area contributed by atoms with Gasteiger partial charge in [0.05, 0.1) is 17.8 Å². The molecule has 1 rings (SSSR count). The number of Topliss-reactive ketones (excluding diaryl/α,β-unsaturated/α-hetero) is 1. The Labute approximate surface area is 88.2 Å². The lowest BCUT2D eigenvalue weighted by molar-refractivity contribution is 0.0979. The largest absolute Gasteiger partial charge is 0.307 e. The average molecular weight is 216 g/mol. The van der Waals surface area contributed by atoms with Crippen LogP contribution >= 0.6 is 11.6 Å². The van der Waals surface area contributed by atoms with Crippen LogP contribution in [-0.4, -0.2) is 28.2 Å². The first-order valence-corrected chi connectivity index (χ1v) is 4.84. The lowest BCUT2D eigenvalue weighted by Gasteiger charge is -2.07. The van der Waals surface area contributed by atoms with Crippen LogP contribution in [0.5, 0.6) is 0 Å². The monoisotopic (exact) mass is 215 g/mol. The number of aromatic nitrogens is 2. The summed E-state index contributed by atoms with van der Waals surface area (Å²) < 4.78 is 1.49. The number of carbonyl (C=O) groups is 1. The Balaban J connectivity index is 2.70. The Morgan fingerprint density at radius 3 is 2.79 bits per heavy atom. The molecule has 0 saturated carbocycles. The van der Waals surface area contributed by atoms with Gasteiger partial charge in [-0.25, -0.2) is 0 Å². The number of hydrogen-bond donors (Lipinski definition) is 1. The number of ketones is 1. The lowest BCUT2D eigenvalue weighted by atomic mass is 10.2. The van der Waals surface area contributed by atoms with E-state index in [0.717, 1.165) is 0 Å². The van der Waals surface area contributed by atoms with E-state index in [9.17, 15) is 4.79 Å². The minimum Gasteiger partial charge on any atom is -0.307 e. The Morgan fingerprint density at radius 1 is 1.71 bits per heavy atom. The summed E-state index contributed by atoms with van der Waals surface area (Å²) in [5.41, 5.74) is 0.458. The molecule has 0 unspecified atom stereocenters. The second kappa shape index (κ2) is 4.57. The van der Waals surface area contributed by atoms with Crippen molar-refractivity contribution in [3.05, 3.63) is 16.9 Å². The highest BCUT2D eigenvalue weighted by Gasteiger charge is 2.15. The van der Waals surface area contributed by atoms with Gasteiger partial charge in [0.25, 0.3) is 0 Å². The molecule has 0 atom stereocenters. The molecule has 0 aromatic carbocycles. The number of halogens is 1. The number of hydrogen-bond acceptors (Lipinski definition) is 3. The van der Waals surface area contributed by atoms with Gasteiger partial charge >= 0.3 is 0 Å². The first-order chi connectivity index (χ1) is 6.52. The van der Waals surface area contributed by atoms with Gasteiger partial charge in [-0.1, -0.05) is 25.4 Å². The molecule has 0 spiro atoms. The van der Waals surface area contributed by atoms with Crippen LogP contribution in [0.3, 0.4) is 0 Å². The smallest absolute Gasteiger partial charge is 0.196 e. The van der Waals surface area contributed by atoms with E-state index in [0.29, 0.717) is 10.7 Å². The summed E-state index contributed by atoms with van der Waals surface area (Å²) in [5, 5.41) is 7.34. The SMILES string of the molecule is CC(C)NCC(=O)c1c(Cl)cnn1C.